The number of carbonyl (C=O) groups excluding carboxylic acids is 1. The molecule has 2 heterocycles. The fraction of sp³-hybridized carbons (Fsp3) is 0.389. The van der Waals surface area contributed by atoms with E-state index in [0.717, 1.165) is 19.4 Å². The quantitative estimate of drug-likeness (QED) is 0.864. The van der Waals surface area contributed by atoms with Gasteiger partial charge in [-0.15, -0.1) is 0 Å². The van der Waals surface area contributed by atoms with Gasteiger partial charge in [-0.25, -0.2) is 4.39 Å². The van der Waals surface area contributed by atoms with Gasteiger partial charge in [0.2, 0.25) is 0 Å². The molecule has 0 aliphatic carbocycles. The number of nitrogens with zero attached hydrogens (tertiary/aromatic N) is 1. The molecule has 5 heteroatoms. The molecule has 0 unspecified atom stereocenters. The lowest BCUT2D eigenvalue weighted by molar-refractivity contribution is 0.0631. The van der Waals surface area contributed by atoms with Gasteiger partial charge in [0.05, 0.1) is 18.4 Å². The largest absolute Gasteiger partial charge is 0.493 e. The van der Waals surface area contributed by atoms with Gasteiger partial charge in [0.1, 0.15) is 17.3 Å². The number of aryl methyl sites for hydroxylation is 1. The van der Waals surface area contributed by atoms with Gasteiger partial charge in [-0.05, 0) is 50.1 Å². The molecule has 122 valence electrons. The van der Waals surface area contributed by atoms with E-state index < -0.39 is 0 Å². The van der Waals surface area contributed by atoms with Crippen molar-refractivity contribution < 1.29 is 18.3 Å². The molecule has 1 atom stereocenters. The van der Waals surface area contributed by atoms with Crippen LogP contribution in [0.25, 0.3) is 0 Å². The van der Waals surface area contributed by atoms with E-state index in [0.29, 0.717) is 30.2 Å². The van der Waals surface area contributed by atoms with Crippen LogP contribution in [-0.2, 0) is 0 Å². The molecule has 0 bridgehead atoms. The lowest BCUT2D eigenvalue weighted by Crippen LogP contribution is -2.41. The Morgan fingerprint density at radius 2 is 2.13 bits per heavy atom. The van der Waals surface area contributed by atoms with E-state index in [1.807, 2.05) is 4.90 Å². The first kappa shape index (κ1) is 15.6. The molecule has 1 amide bonds. The molecule has 1 aliphatic heterocycles. The Balaban J connectivity index is 1.57. The van der Waals surface area contributed by atoms with Gasteiger partial charge >= 0.3 is 0 Å². The summed E-state index contributed by atoms with van der Waals surface area (Å²) in [5.74, 6) is 1.33. The zero-order valence-electron chi connectivity index (χ0n) is 13.1. The van der Waals surface area contributed by atoms with Crippen LogP contribution >= 0.6 is 0 Å². The molecule has 2 aromatic rings. The van der Waals surface area contributed by atoms with Crippen LogP contribution in [0.4, 0.5) is 4.39 Å². The molecular formula is C18H20FNO3. The second-order valence-corrected chi connectivity index (χ2v) is 5.91. The van der Waals surface area contributed by atoms with Gasteiger partial charge in [0, 0.05) is 19.0 Å². The first-order valence-corrected chi connectivity index (χ1v) is 7.85. The molecule has 1 aliphatic rings. The van der Waals surface area contributed by atoms with Crippen molar-refractivity contribution in [3.8, 4) is 5.75 Å². The molecule has 0 radical (unpaired) electrons. The van der Waals surface area contributed by atoms with Crippen molar-refractivity contribution in [1.29, 1.82) is 0 Å². The fourth-order valence-corrected chi connectivity index (χ4v) is 2.91. The van der Waals surface area contributed by atoms with Gasteiger partial charge in [-0.3, -0.25) is 4.79 Å². The minimum atomic E-state index is -0.276. The summed E-state index contributed by atoms with van der Waals surface area (Å²) in [7, 11) is 0. The number of carbonyl (C=O) groups is 1. The Bertz CT molecular complexity index is 665. The maximum absolute atomic E-state index is 12.9. The summed E-state index contributed by atoms with van der Waals surface area (Å²) in [6.45, 7) is 3.76. The zero-order chi connectivity index (χ0) is 16.2. The van der Waals surface area contributed by atoms with E-state index >= 15 is 0 Å². The SMILES string of the molecule is Cc1occc1C(=O)N1CCC[C@@H](COc2ccc(F)cc2)C1. The molecule has 1 aromatic carbocycles. The molecule has 1 aromatic heterocycles. The Morgan fingerprint density at radius 3 is 2.83 bits per heavy atom. The standard InChI is InChI=1S/C18H20FNO3/c1-13-17(8-10-22-13)18(21)20-9-2-3-14(11-20)12-23-16-6-4-15(19)5-7-16/h4-8,10,14H,2-3,9,11-12H2,1H3/t14-/m1/s1. The van der Waals surface area contributed by atoms with Crippen LogP contribution in [0.5, 0.6) is 5.75 Å². The van der Waals surface area contributed by atoms with Gasteiger partial charge in [0.15, 0.2) is 0 Å². The average Bonchev–Trinajstić information content (AvgIpc) is 3.00. The highest BCUT2D eigenvalue weighted by atomic mass is 19.1. The van der Waals surface area contributed by atoms with E-state index in [9.17, 15) is 9.18 Å². The van der Waals surface area contributed by atoms with Crippen LogP contribution in [0.1, 0.15) is 29.0 Å². The summed E-state index contributed by atoms with van der Waals surface area (Å²) in [6.07, 6.45) is 3.52. The number of furan rings is 1. The predicted molar refractivity (Wildman–Crippen MR) is 84.0 cm³/mol. The monoisotopic (exact) mass is 317 g/mol. The first-order chi connectivity index (χ1) is 11.1. The minimum absolute atomic E-state index is 0.0164. The van der Waals surface area contributed by atoms with E-state index in [1.165, 1.54) is 12.1 Å². The summed E-state index contributed by atoms with van der Waals surface area (Å²) in [6, 6.07) is 7.73. The second kappa shape index (κ2) is 6.86. The van der Waals surface area contributed by atoms with Crippen LogP contribution in [0.15, 0.2) is 41.0 Å². The van der Waals surface area contributed by atoms with Crippen molar-refractivity contribution in [2.24, 2.45) is 5.92 Å². The van der Waals surface area contributed by atoms with Gasteiger partial charge in [-0.1, -0.05) is 0 Å². The molecule has 1 fully saturated rings. The Morgan fingerprint density at radius 1 is 1.35 bits per heavy atom. The Labute approximate surface area is 134 Å². The van der Waals surface area contributed by atoms with Gasteiger partial charge in [0.25, 0.3) is 5.91 Å². The molecule has 3 rings (SSSR count). The summed E-state index contributed by atoms with van der Waals surface area (Å²) >= 11 is 0. The van der Waals surface area contributed by atoms with Crippen LogP contribution in [0, 0.1) is 18.7 Å². The first-order valence-electron chi connectivity index (χ1n) is 7.85. The topological polar surface area (TPSA) is 42.7 Å². The number of ether oxygens (including phenoxy) is 1. The smallest absolute Gasteiger partial charge is 0.257 e. The van der Waals surface area contributed by atoms with Crippen LogP contribution in [-0.4, -0.2) is 30.5 Å². The lowest BCUT2D eigenvalue weighted by atomic mass is 9.98. The second-order valence-electron chi connectivity index (χ2n) is 5.91. The van der Waals surface area contributed by atoms with Crippen molar-refractivity contribution in [2.45, 2.75) is 19.8 Å². The third-order valence-corrected chi connectivity index (χ3v) is 4.19. The van der Waals surface area contributed by atoms with Crippen molar-refractivity contribution in [3.05, 3.63) is 53.7 Å². The predicted octanol–water partition coefficient (Wildman–Crippen LogP) is 3.66. The number of rotatable bonds is 4. The molecule has 23 heavy (non-hydrogen) atoms. The van der Waals surface area contributed by atoms with Gasteiger partial charge < -0.3 is 14.1 Å². The third-order valence-electron chi connectivity index (χ3n) is 4.19. The third kappa shape index (κ3) is 3.73. The minimum Gasteiger partial charge on any atom is -0.493 e. The van der Waals surface area contributed by atoms with Crippen molar-refractivity contribution in [2.75, 3.05) is 19.7 Å². The van der Waals surface area contributed by atoms with Crippen LogP contribution < -0.4 is 4.74 Å². The zero-order valence-corrected chi connectivity index (χ0v) is 13.1. The summed E-state index contributed by atoms with van der Waals surface area (Å²) in [5.41, 5.74) is 0.630. The number of hydrogen-bond acceptors (Lipinski definition) is 3. The summed E-state index contributed by atoms with van der Waals surface area (Å²) in [5, 5.41) is 0. The molecule has 0 saturated carbocycles. The van der Waals surface area contributed by atoms with E-state index in [2.05, 4.69) is 0 Å². The average molecular weight is 317 g/mol. The number of benzene rings is 1. The maximum Gasteiger partial charge on any atom is 0.257 e. The lowest BCUT2D eigenvalue weighted by Gasteiger charge is -2.32. The van der Waals surface area contributed by atoms with Gasteiger partial charge in [-0.2, -0.15) is 0 Å². The number of piperidine rings is 1. The number of likely N-dealkylation sites (tertiary alicyclic amines) is 1. The highest BCUT2D eigenvalue weighted by Crippen LogP contribution is 2.22. The fourth-order valence-electron chi connectivity index (χ4n) is 2.91. The van der Waals surface area contributed by atoms with E-state index in [-0.39, 0.29) is 17.6 Å². The van der Waals surface area contributed by atoms with E-state index in [1.54, 1.807) is 31.4 Å². The number of hydrogen-bond donors (Lipinski definition) is 0. The van der Waals surface area contributed by atoms with Crippen LogP contribution in [0.2, 0.25) is 0 Å². The molecule has 4 nitrogen and oxygen atoms in total. The van der Waals surface area contributed by atoms with Crippen molar-refractivity contribution in [3.63, 3.8) is 0 Å². The van der Waals surface area contributed by atoms with E-state index in [4.69, 9.17) is 9.15 Å². The molecule has 1 saturated heterocycles. The molecular weight excluding hydrogens is 297 g/mol. The normalized spacial score (nSPS) is 18.0. The highest BCUT2D eigenvalue weighted by Gasteiger charge is 2.26. The number of halogens is 1. The maximum atomic E-state index is 12.9. The molecule has 0 N–H and O–H groups in total. The van der Waals surface area contributed by atoms with Crippen LogP contribution in [0.3, 0.4) is 0 Å². The van der Waals surface area contributed by atoms with Crippen molar-refractivity contribution in [1.82, 2.24) is 4.90 Å². The van der Waals surface area contributed by atoms with Crippen molar-refractivity contribution >= 4 is 5.91 Å². The molecule has 0 spiro atoms. The summed E-state index contributed by atoms with van der Waals surface area (Å²) in [4.78, 5) is 14.4. The highest BCUT2D eigenvalue weighted by molar-refractivity contribution is 5.95. The summed E-state index contributed by atoms with van der Waals surface area (Å²) < 4.78 is 23.8. The Kier molecular flexibility index (Phi) is 4.65. The Hall–Kier alpha value is -2.30. The number of amides is 1.